The molecule has 0 aliphatic heterocycles. The maximum absolute atomic E-state index is 10.7. The highest BCUT2D eigenvalue weighted by Crippen LogP contribution is 2.25. The van der Waals surface area contributed by atoms with Crippen LogP contribution in [0.25, 0.3) is 0 Å². The summed E-state index contributed by atoms with van der Waals surface area (Å²) in [5, 5.41) is 8.79. The third-order valence-corrected chi connectivity index (χ3v) is 2.33. The number of anilines is 1. The summed E-state index contributed by atoms with van der Waals surface area (Å²) < 4.78 is 5.50. The number of hydrogen-bond acceptors (Lipinski definition) is 4. The number of hydrogen-bond donors (Lipinski definition) is 2. The van der Waals surface area contributed by atoms with E-state index < -0.39 is 5.97 Å². The highest BCUT2D eigenvalue weighted by molar-refractivity contribution is 5.88. The third kappa shape index (κ3) is 2.57. The zero-order chi connectivity index (χ0) is 13.1. The predicted octanol–water partition coefficient (Wildman–Crippen LogP) is 2.46. The molecule has 0 saturated carbocycles. The van der Waals surface area contributed by atoms with Crippen molar-refractivity contribution in [1.82, 2.24) is 4.98 Å². The van der Waals surface area contributed by atoms with E-state index in [1.165, 1.54) is 12.3 Å². The highest BCUT2D eigenvalue weighted by Gasteiger charge is 2.09. The number of carbonyl (C=O) groups is 1. The lowest BCUT2D eigenvalue weighted by molar-refractivity contribution is 0.0696. The zero-order valence-electron chi connectivity index (χ0n) is 9.75. The number of ether oxygens (including phenoxy) is 1. The van der Waals surface area contributed by atoms with Crippen molar-refractivity contribution in [3.63, 3.8) is 0 Å². The van der Waals surface area contributed by atoms with Crippen LogP contribution in [0.4, 0.5) is 5.69 Å². The van der Waals surface area contributed by atoms with E-state index in [9.17, 15) is 4.79 Å². The zero-order valence-corrected chi connectivity index (χ0v) is 9.75. The molecular formula is C13H12N2O3. The Morgan fingerprint density at radius 3 is 2.78 bits per heavy atom. The van der Waals surface area contributed by atoms with Gasteiger partial charge in [-0.3, -0.25) is 0 Å². The molecule has 1 heterocycles. The molecule has 0 bridgehead atoms. The van der Waals surface area contributed by atoms with E-state index in [1.807, 2.05) is 25.1 Å². The molecule has 1 aromatic carbocycles. The number of benzene rings is 1. The lowest BCUT2D eigenvalue weighted by atomic mass is 10.2. The van der Waals surface area contributed by atoms with Crippen LogP contribution >= 0.6 is 0 Å². The van der Waals surface area contributed by atoms with Gasteiger partial charge in [0.25, 0.3) is 0 Å². The second-order valence-corrected chi connectivity index (χ2v) is 3.84. The number of pyridine rings is 1. The van der Waals surface area contributed by atoms with Crippen molar-refractivity contribution < 1.29 is 14.6 Å². The number of aromatic carboxylic acids is 1. The second kappa shape index (κ2) is 4.75. The van der Waals surface area contributed by atoms with Gasteiger partial charge in [0.05, 0.1) is 11.3 Å². The van der Waals surface area contributed by atoms with Crippen LogP contribution in [-0.2, 0) is 0 Å². The highest BCUT2D eigenvalue weighted by atomic mass is 16.5. The molecule has 0 spiro atoms. The lowest BCUT2D eigenvalue weighted by Crippen LogP contribution is -2.01. The first kappa shape index (κ1) is 11.9. The molecule has 5 nitrogen and oxygen atoms in total. The summed E-state index contributed by atoms with van der Waals surface area (Å²) in [6.45, 7) is 1.94. The van der Waals surface area contributed by atoms with E-state index in [4.69, 9.17) is 15.6 Å². The van der Waals surface area contributed by atoms with E-state index in [0.717, 1.165) is 5.56 Å². The summed E-state index contributed by atoms with van der Waals surface area (Å²) in [6, 6.07) is 8.73. The summed E-state index contributed by atoms with van der Waals surface area (Å²) in [4.78, 5) is 14.6. The van der Waals surface area contributed by atoms with Gasteiger partial charge in [-0.15, -0.1) is 0 Å². The predicted molar refractivity (Wildman–Crippen MR) is 66.9 cm³/mol. The minimum atomic E-state index is -1.07. The molecule has 92 valence electrons. The minimum Gasteiger partial charge on any atom is -0.478 e. The number of rotatable bonds is 3. The average Bonchev–Trinajstić information content (AvgIpc) is 2.31. The fraction of sp³-hybridized carbons (Fsp3) is 0.0769. The Hall–Kier alpha value is -2.56. The molecule has 0 amide bonds. The Morgan fingerprint density at radius 2 is 2.17 bits per heavy atom. The number of carboxylic acids is 1. The van der Waals surface area contributed by atoms with Gasteiger partial charge in [0, 0.05) is 6.20 Å². The molecule has 0 aliphatic rings. The molecule has 0 aliphatic carbocycles. The molecule has 0 atom stereocenters. The van der Waals surface area contributed by atoms with Gasteiger partial charge in [0.1, 0.15) is 5.75 Å². The molecule has 0 fully saturated rings. The molecular weight excluding hydrogens is 232 g/mol. The quantitative estimate of drug-likeness (QED) is 0.866. The topological polar surface area (TPSA) is 85.4 Å². The van der Waals surface area contributed by atoms with Crippen LogP contribution in [0.2, 0.25) is 0 Å². The molecule has 0 unspecified atom stereocenters. The smallest absolute Gasteiger partial charge is 0.337 e. The van der Waals surface area contributed by atoms with Crippen molar-refractivity contribution in [3.05, 3.63) is 47.7 Å². The largest absolute Gasteiger partial charge is 0.478 e. The Bertz CT molecular complexity index is 597. The molecule has 3 N–H and O–H groups in total. The maximum Gasteiger partial charge on any atom is 0.337 e. The number of aromatic nitrogens is 1. The summed E-state index contributed by atoms with van der Waals surface area (Å²) in [5.41, 5.74) is 6.97. The van der Waals surface area contributed by atoms with E-state index in [1.54, 1.807) is 6.07 Å². The fourth-order valence-corrected chi connectivity index (χ4v) is 1.46. The van der Waals surface area contributed by atoms with E-state index >= 15 is 0 Å². The van der Waals surface area contributed by atoms with E-state index in [0.29, 0.717) is 5.75 Å². The lowest BCUT2D eigenvalue weighted by Gasteiger charge is -2.08. The average molecular weight is 244 g/mol. The van der Waals surface area contributed by atoms with Crippen molar-refractivity contribution >= 4 is 11.7 Å². The van der Waals surface area contributed by atoms with Crippen LogP contribution in [0.3, 0.4) is 0 Å². The number of carboxylic acid groups (broad SMARTS) is 1. The summed E-state index contributed by atoms with van der Waals surface area (Å²) in [7, 11) is 0. The number of nitrogen functional groups attached to an aromatic ring is 1. The van der Waals surface area contributed by atoms with Crippen molar-refractivity contribution in [2.45, 2.75) is 6.92 Å². The summed E-state index contributed by atoms with van der Waals surface area (Å²) >= 11 is 0. The van der Waals surface area contributed by atoms with Gasteiger partial charge in [-0.1, -0.05) is 12.1 Å². The van der Waals surface area contributed by atoms with Gasteiger partial charge in [-0.2, -0.15) is 0 Å². The number of nitrogens with two attached hydrogens (primary N) is 1. The van der Waals surface area contributed by atoms with Crippen LogP contribution < -0.4 is 10.5 Å². The first-order valence-electron chi connectivity index (χ1n) is 5.29. The van der Waals surface area contributed by atoms with Crippen LogP contribution in [0.1, 0.15) is 15.9 Å². The molecule has 18 heavy (non-hydrogen) atoms. The molecule has 2 rings (SSSR count). The second-order valence-electron chi connectivity index (χ2n) is 3.84. The van der Waals surface area contributed by atoms with Crippen molar-refractivity contribution in [2.24, 2.45) is 0 Å². The standard InChI is InChI=1S/C13H12N2O3/c1-8-3-2-4-10(5-8)18-12-11(14)6-9(7-15-12)13(16)17/h2-7H,14H2,1H3,(H,16,17). The Labute approximate surface area is 104 Å². The van der Waals surface area contributed by atoms with Gasteiger partial charge >= 0.3 is 5.97 Å². The minimum absolute atomic E-state index is 0.0316. The van der Waals surface area contributed by atoms with Gasteiger partial charge < -0.3 is 15.6 Å². The SMILES string of the molecule is Cc1cccc(Oc2ncc(C(=O)O)cc2N)c1. The van der Waals surface area contributed by atoms with Crippen molar-refractivity contribution in [2.75, 3.05) is 5.73 Å². The Morgan fingerprint density at radius 1 is 1.39 bits per heavy atom. The number of nitrogens with zero attached hydrogens (tertiary/aromatic N) is 1. The van der Waals surface area contributed by atoms with E-state index in [-0.39, 0.29) is 17.1 Å². The summed E-state index contributed by atoms with van der Waals surface area (Å²) in [6.07, 6.45) is 1.21. The molecule has 0 radical (unpaired) electrons. The molecule has 2 aromatic rings. The molecule has 1 aromatic heterocycles. The monoisotopic (exact) mass is 244 g/mol. The van der Waals surface area contributed by atoms with Crippen molar-refractivity contribution in [1.29, 1.82) is 0 Å². The molecule has 0 saturated heterocycles. The fourth-order valence-electron chi connectivity index (χ4n) is 1.46. The Balaban J connectivity index is 2.27. The first-order chi connectivity index (χ1) is 8.56. The Kier molecular flexibility index (Phi) is 3.14. The van der Waals surface area contributed by atoms with Crippen molar-refractivity contribution in [3.8, 4) is 11.6 Å². The van der Waals surface area contributed by atoms with Crippen LogP contribution in [0, 0.1) is 6.92 Å². The maximum atomic E-state index is 10.7. The van der Waals surface area contributed by atoms with Gasteiger partial charge in [0.15, 0.2) is 0 Å². The van der Waals surface area contributed by atoms with Crippen LogP contribution in [0.5, 0.6) is 11.6 Å². The van der Waals surface area contributed by atoms with Gasteiger partial charge in [0.2, 0.25) is 5.88 Å². The van der Waals surface area contributed by atoms with E-state index in [2.05, 4.69) is 4.98 Å². The molecule has 5 heteroatoms. The number of aryl methyl sites for hydroxylation is 1. The van der Waals surface area contributed by atoms with Gasteiger partial charge in [-0.05, 0) is 30.7 Å². The van der Waals surface area contributed by atoms with Crippen LogP contribution in [-0.4, -0.2) is 16.1 Å². The van der Waals surface area contributed by atoms with Crippen LogP contribution in [0.15, 0.2) is 36.5 Å². The first-order valence-corrected chi connectivity index (χ1v) is 5.29. The van der Waals surface area contributed by atoms with Gasteiger partial charge in [-0.25, -0.2) is 9.78 Å². The normalized spacial score (nSPS) is 10.1. The summed E-state index contributed by atoms with van der Waals surface area (Å²) in [5.74, 6) is -0.265. The third-order valence-electron chi connectivity index (χ3n) is 2.33.